The van der Waals surface area contributed by atoms with Crippen molar-refractivity contribution in [1.82, 2.24) is 10.2 Å². The highest BCUT2D eigenvalue weighted by Gasteiger charge is 2.22. The number of ether oxygens (including phenoxy) is 1. The lowest BCUT2D eigenvalue weighted by Crippen LogP contribution is -2.52. The number of benzene rings is 1. The highest BCUT2D eigenvalue weighted by atomic mass is 16.5. The van der Waals surface area contributed by atoms with E-state index >= 15 is 0 Å². The van der Waals surface area contributed by atoms with Crippen LogP contribution >= 0.6 is 0 Å². The molecule has 0 radical (unpaired) electrons. The van der Waals surface area contributed by atoms with Crippen LogP contribution in [0.1, 0.15) is 13.3 Å². The molecule has 2 amide bonds. The first-order valence-corrected chi connectivity index (χ1v) is 7.52. The van der Waals surface area contributed by atoms with Crippen molar-refractivity contribution in [2.24, 2.45) is 0 Å². The van der Waals surface area contributed by atoms with Crippen LogP contribution in [0.15, 0.2) is 24.3 Å². The molecule has 0 spiro atoms. The summed E-state index contributed by atoms with van der Waals surface area (Å²) in [5.41, 5.74) is 1.06. The smallest absolute Gasteiger partial charge is 0.317 e. The number of hydrogen-bond donors (Lipinski definition) is 1. The highest BCUT2D eigenvalue weighted by molar-refractivity contribution is 5.78. The SMILES string of the molecule is COc1ccccc1N1CCN(C(=O)NCCC(C)=O)CC1. The number of urea groups is 1. The second kappa shape index (κ2) is 7.68. The fraction of sp³-hybridized carbons (Fsp3) is 0.500. The number of carbonyl (C=O) groups is 2. The Kier molecular flexibility index (Phi) is 5.63. The molecule has 1 heterocycles. The van der Waals surface area contributed by atoms with Crippen LogP contribution in [0.5, 0.6) is 5.75 Å². The molecule has 0 aliphatic carbocycles. The van der Waals surface area contributed by atoms with Gasteiger partial charge in [0.25, 0.3) is 0 Å². The van der Waals surface area contributed by atoms with Crippen molar-refractivity contribution in [2.45, 2.75) is 13.3 Å². The maximum Gasteiger partial charge on any atom is 0.317 e. The summed E-state index contributed by atoms with van der Waals surface area (Å²) in [5, 5.41) is 2.78. The predicted octanol–water partition coefficient (Wildman–Crippen LogP) is 1.51. The summed E-state index contributed by atoms with van der Waals surface area (Å²) in [4.78, 5) is 26.9. The zero-order valence-electron chi connectivity index (χ0n) is 13.2. The van der Waals surface area contributed by atoms with E-state index in [0.29, 0.717) is 26.1 Å². The van der Waals surface area contributed by atoms with Gasteiger partial charge in [0.2, 0.25) is 0 Å². The summed E-state index contributed by atoms with van der Waals surface area (Å²) < 4.78 is 5.38. The van der Waals surface area contributed by atoms with Gasteiger partial charge in [0.15, 0.2) is 0 Å². The van der Waals surface area contributed by atoms with Crippen molar-refractivity contribution in [3.05, 3.63) is 24.3 Å². The molecular formula is C16H23N3O3. The van der Waals surface area contributed by atoms with Crippen molar-refractivity contribution >= 4 is 17.5 Å². The van der Waals surface area contributed by atoms with Crippen LogP contribution in [0.25, 0.3) is 0 Å². The van der Waals surface area contributed by atoms with Crippen LogP contribution < -0.4 is 15.0 Å². The first kappa shape index (κ1) is 16.1. The third-order valence-corrected chi connectivity index (χ3v) is 3.75. The Bertz CT molecular complexity index is 525. The lowest BCUT2D eigenvalue weighted by molar-refractivity contribution is -0.116. The maximum absolute atomic E-state index is 12.0. The molecule has 2 rings (SSSR count). The van der Waals surface area contributed by atoms with Crippen molar-refractivity contribution in [3.8, 4) is 5.75 Å². The number of anilines is 1. The predicted molar refractivity (Wildman–Crippen MR) is 85.5 cm³/mol. The van der Waals surface area contributed by atoms with E-state index in [9.17, 15) is 9.59 Å². The number of nitrogens with zero attached hydrogens (tertiary/aromatic N) is 2. The van der Waals surface area contributed by atoms with Gasteiger partial charge in [-0.05, 0) is 19.1 Å². The van der Waals surface area contributed by atoms with Crippen molar-refractivity contribution in [2.75, 3.05) is 44.7 Å². The Hall–Kier alpha value is -2.24. The summed E-state index contributed by atoms with van der Waals surface area (Å²) in [7, 11) is 1.66. The molecule has 1 N–H and O–H groups in total. The van der Waals surface area contributed by atoms with Gasteiger partial charge in [-0.1, -0.05) is 12.1 Å². The van der Waals surface area contributed by atoms with Gasteiger partial charge in [0.1, 0.15) is 11.5 Å². The number of methoxy groups -OCH3 is 1. The topological polar surface area (TPSA) is 61.9 Å². The number of para-hydroxylation sites is 2. The Morgan fingerprint density at radius 2 is 1.86 bits per heavy atom. The fourth-order valence-electron chi connectivity index (χ4n) is 2.50. The molecule has 22 heavy (non-hydrogen) atoms. The summed E-state index contributed by atoms with van der Waals surface area (Å²) in [5.74, 6) is 0.933. The Morgan fingerprint density at radius 1 is 1.18 bits per heavy atom. The van der Waals surface area contributed by atoms with Crippen LogP contribution in [-0.4, -0.2) is 56.5 Å². The normalized spacial score (nSPS) is 14.6. The minimum absolute atomic E-state index is 0.0845. The van der Waals surface area contributed by atoms with Gasteiger partial charge in [0, 0.05) is 39.1 Å². The van der Waals surface area contributed by atoms with E-state index in [1.54, 1.807) is 12.0 Å². The van der Waals surface area contributed by atoms with Crippen molar-refractivity contribution in [3.63, 3.8) is 0 Å². The van der Waals surface area contributed by atoms with E-state index in [0.717, 1.165) is 24.5 Å². The average Bonchev–Trinajstić information content (AvgIpc) is 2.54. The summed E-state index contributed by atoms with van der Waals surface area (Å²) >= 11 is 0. The number of carbonyl (C=O) groups excluding carboxylic acids is 2. The first-order chi connectivity index (χ1) is 10.6. The number of hydrogen-bond acceptors (Lipinski definition) is 4. The van der Waals surface area contributed by atoms with E-state index in [2.05, 4.69) is 10.2 Å². The molecule has 1 aromatic rings. The standard InChI is InChI=1S/C16H23N3O3/c1-13(20)7-8-17-16(21)19-11-9-18(10-12-19)14-5-3-4-6-15(14)22-2/h3-6H,7-12H2,1-2H3,(H,17,21). The molecule has 6 nitrogen and oxygen atoms in total. The van der Waals surface area contributed by atoms with Gasteiger partial charge >= 0.3 is 6.03 Å². The molecule has 120 valence electrons. The molecule has 0 atom stereocenters. The third kappa shape index (κ3) is 4.13. The van der Waals surface area contributed by atoms with Crippen LogP contribution in [0, 0.1) is 0 Å². The molecule has 1 aliphatic rings. The number of ketones is 1. The van der Waals surface area contributed by atoms with Crippen LogP contribution in [-0.2, 0) is 4.79 Å². The summed E-state index contributed by atoms with van der Waals surface area (Å²) in [6, 6.07) is 7.80. The molecule has 1 aliphatic heterocycles. The van der Waals surface area contributed by atoms with E-state index in [1.165, 1.54) is 6.92 Å². The Balaban J connectivity index is 1.85. The molecule has 0 unspecified atom stereocenters. The molecule has 0 saturated carbocycles. The second-order valence-corrected chi connectivity index (χ2v) is 5.33. The molecule has 1 aromatic carbocycles. The average molecular weight is 305 g/mol. The molecule has 1 fully saturated rings. The number of Topliss-reactive ketones (excluding diaryl/α,β-unsaturated/α-hetero) is 1. The van der Waals surface area contributed by atoms with E-state index in [4.69, 9.17) is 4.74 Å². The zero-order valence-corrected chi connectivity index (χ0v) is 13.2. The highest BCUT2D eigenvalue weighted by Crippen LogP contribution is 2.28. The van der Waals surface area contributed by atoms with E-state index < -0.39 is 0 Å². The number of piperazine rings is 1. The quantitative estimate of drug-likeness (QED) is 0.895. The van der Waals surface area contributed by atoms with Gasteiger partial charge in [-0.15, -0.1) is 0 Å². The first-order valence-electron chi connectivity index (χ1n) is 7.52. The molecular weight excluding hydrogens is 282 g/mol. The lowest BCUT2D eigenvalue weighted by atomic mass is 10.2. The summed E-state index contributed by atoms with van der Waals surface area (Å²) in [6.45, 7) is 4.77. The van der Waals surface area contributed by atoms with Gasteiger partial charge in [-0.3, -0.25) is 4.79 Å². The van der Waals surface area contributed by atoms with Crippen LogP contribution in [0.4, 0.5) is 10.5 Å². The second-order valence-electron chi connectivity index (χ2n) is 5.33. The monoisotopic (exact) mass is 305 g/mol. The van der Waals surface area contributed by atoms with Gasteiger partial charge in [0.05, 0.1) is 12.8 Å². The minimum Gasteiger partial charge on any atom is -0.495 e. The number of amides is 2. The van der Waals surface area contributed by atoms with Crippen LogP contribution in [0.3, 0.4) is 0 Å². The Morgan fingerprint density at radius 3 is 2.50 bits per heavy atom. The number of nitrogens with one attached hydrogen (secondary N) is 1. The lowest BCUT2D eigenvalue weighted by Gasteiger charge is -2.36. The Labute approximate surface area is 131 Å². The van der Waals surface area contributed by atoms with Gasteiger partial charge in [-0.2, -0.15) is 0 Å². The van der Waals surface area contributed by atoms with Crippen LogP contribution in [0.2, 0.25) is 0 Å². The fourth-order valence-corrected chi connectivity index (χ4v) is 2.50. The third-order valence-electron chi connectivity index (χ3n) is 3.75. The van der Waals surface area contributed by atoms with Gasteiger partial charge < -0.3 is 19.9 Å². The van der Waals surface area contributed by atoms with E-state index in [1.807, 2.05) is 24.3 Å². The molecule has 0 bridgehead atoms. The number of rotatable bonds is 5. The maximum atomic E-state index is 12.0. The van der Waals surface area contributed by atoms with Crippen molar-refractivity contribution < 1.29 is 14.3 Å². The molecule has 1 saturated heterocycles. The minimum atomic E-state index is -0.0964. The molecule has 6 heteroatoms. The van der Waals surface area contributed by atoms with Crippen molar-refractivity contribution in [1.29, 1.82) is 0 Å². The van der Waals surface area contributed by atoms with Gasteiger partial charge in [-0.25, -0.2) is 4.79 Å². The largest absolute Gasteiger partial charge is 0.495 e. The summed E-state index contributed by atoms with van der Waals surface area (Å²) in [6.07, 6.45) is 0.382. The zero-order chi connectivity index (χ0) is 15.9. The van der Waals surface area contributed by atoms with E-state index in [-0.39, 0.29) is 11.8 Å². The molecule has 0 aromatic heterocycles.